The van der Waals surface area contributed by atoms with Gasteiger partial charge in [-0.25, -0.2) is 9.78 Å². The van der Waals surface area contributed by atoms with Crippen molar-refractivity contribution in [3.63, 3.8) is 0 Å². The predicted molar refractivity (Wildman–Crippen MR) is 83.5 cm³/mol. The minimum atomic E-state index is -0.887. The summed E-state index contributed by atoms with van der Waals surface area (Å²) in [7, 11) is 1.70. The van der Waals surface area contributed by atoms with Crippen molar-refractivity contribution in [3.05, 3.63) is 48.3 Å². The molecule has 0 fully saturated rings. The zero-order valence-electron chi connectivity index (χ0n) is 11.9. The lowest BCUT2D eigenvalue weighted by molar-refractivity contribution is -0.138. The van der Waals surface area contributed by atoms with Crippen molar-refractivity contribution in [2.75, 3.05) is 11.9 Å². The van der Waals surface area contributed by atoms with Crippen LogP contribution in [-0.2, 0) is 10.5 Å². The fraction of sp³-hybridized carbons (Fsp3) is 0.267. The minimum Gasteiger partial charge on any atom is -0.480 e. The summed E-state index contributed by atoms with van der Waals surface area (Å²) in [5.74, 6) is 0.474. The number of aromatic nitrogens is 2. The van der Waals surface area contributed by atoms with Gasteiger partial charge >= 0.3 is 5.97 Å². The summed E-state index contributed by atoms with van der Waals surface area (Å²) in [4.78, 5) is 21.2. The largest absolute Gasteiger partial charge is 0.480 e. The highest BCUT2D eigenvalue weighted by Crippen LogP contribution is 2.22. The number of hydrogen-bond acceptors (Lipinski definition) is 5. The first-order valence-corrected chi connectivity index (χ1v) is 7.51. The van der Waals surface area contributed by atoms with E-state index in [1.165, 1.54) is 5.56 Å². The molecule has 0 aliphatic heterocycles. The van der Waals surface area contributed by atoms with Gasteiger partial charge in [-0.3, -0.25) is 4.98 Å². The molecule has 0 radical (unpaired) electrons. The van der Waals surface area contributed by atoms with E-state index in [9.17, 15) is 4.79 Å². The van der Waals surface area contributed by atoms with Crippen LogP contribution in [0.25, 0.3) is 0 Å². The van der Waals surface area contributed by atoms with E-state index >= 15 is 0 Å². The van der Waals surface area contributed by atoms with E-state index < -0.39 is 12.0 Å². The van der Waals surface area contributed by atoms with Crippen LogP contribution in [0, 0.1) is 0 Å². The first-order valence-electron chi connectivity index (χ1n) is 6.52. The molecule has 1 aromatic carbocycles. The zero-order valence-corrected chi connectivity index (χ0v) is 12.7. The maximum atomic E-state index is 11.0. The summed E-state index contributed by atoms with van der Waals surface area (Å²) in [5, 5.41) is 9.82. The minimum absolute atomic E-state index is 0.558. The molecule has 0 aliphatic rings. The fourth-order valence-electron chi connectivity index (χ4n) is 1.67. The zero-order chi connectivity index (χ0) is 15.2. The molecule has 1 heterocycles. The van der Waals surface area contributed by atoms with Gasteiger partial charge in [0.25, 0.3) is 0 Å². The summed E-state index contributed by atoms with van der Waals surface area (Å²) >= 11 is 1.58. The Labute approximate surface area is 128 Å². The number of carboxylic acids is 1. The number of rotatable bonds is 6. The molecule has 0 saturated carbocycles. The van der Waals surface area contributed by atoms with Crippen molar-refractivity contribution in [1.82, 2.24) is 9.97 Å². The fourth-order valence-corrected chi connectivity index (χ4v) is 2.47. The van der Waals surface area contributed by atoms with Gasteiger partial charge in [0.15, 0.2) is 0 Å². The van der Waals surface area contributed by atoms with E-state index in [0.717, 1.165) is 10.8 Å². The average Bonchev–Trinajstić information content (AvgIpc) is 2.52. The number of anilines is 1. The Hall–Kier alpha value is -2.08. The summed E-state index contributed by atoms with van der Waals surface area (Å²) in [6, 6.07) is 9.46. The molecule has 2 rings (SSSR count). The Morgan fingerprint density at radius 2 is 2.05 bits per heavy atom. The van der Waals surface area contributed by atoms with E-state index in [4.69, 9.17) is 5.11 Å². The molecule has 0 aliphatic carbocycles. The monoisotopic (exact) mass is 303 g/mol. The number of benzene rings is 1. The van der Waals surface area contributed by atoms with Crippen LogP contribution < -0.4 is 4.90 Å². The Bertz CT molecular complexity index is 607. The SMILES string of the molecule is CC(C(=O)O)N(C)c1cncc(SCc2ccccc2)n1. The van der Waals surface area contributed by atoms with Crippen molar-refractivity contribution in [2.45, 2.75) is 23.7 Å². The van der Waals surface area contributed by atoms with Gasteiger partial charge in [0.05, 0.1) is 12.4 Å². The van der Waals surface area contributed by atoms with Crippen LogP contribution in [0.15, 0.2) is 47.8 Å². The normalized spacial score (nSPS) is 11.9. The second-order valence-electron chi connectivity index (χ2n) is 4.61. The molecular formula is C15H17N3O2S. The molecule has 0 amide bonds. The molecule has 0 bridgehead atoms. The molecule has 0 spiro atoms. The van der Waals surface area contributed by atoms with Crippen LogP contribution in [0.4, 0.5) is 5.82 Å². The van der Waals surface area contributed by atoms with Gasteiger partial charge in [0.2, 0.25) is 0 Å². The summed E-state index contributed by atoms with van der Waals surface area (Å²) in [6.45, 7) is 1.62. The van der Waals surface area contributed by atoms with Gasteiger partial charge in [-0.05, 0) is 12.5 Å². The van der Waals surface area contributed by atoms with Gasteiger partial charge in [0.1, 0.15) is 16.9 Å². The molecule has 6 heteroatoms. The maximum Gasteiger partial charge on any atom is 0.326 e. The van der Waals surface area contributed by atoms with Crippen molar-refractivity contribution < 1.29 is 9.90 Å². The number of aliphatic carboxylic acids is 1. The lowest BCUT2D eigenvalue weighted by atomic mass is 10.2. The third-order valence-electron chi connectivity index (χ3n) is 3.13. The lowest BCUT2D eigenvalue weighted by Gasteiger charge is -2.22. The van der Waals surface area contributed by atoms with E-state index in [0.29, 0.717) is 5.82 Å². The predicted octanol–water partition coefficient (Wildman–Crippen LogP) is 2.68. The molecular weight excluding hydrogens is 286 g/mol. The lowest BCUT2D eigenvalue weighted by Crippen LogP contribution is -2.36. The standard InChI is InChI=1S/C15H17N3O2S/c1-11(15(19)20)18(2)13-8-16-9-14(17-13)21-10-12-6-4-3-5-7-12/h3-9,11H,10H2,1-2H3,(H,19,20). The van der Waals surface area contributed by atoms with Gasteiger partial charge in [-0.1, -0.05) is 30.3 Å². The van der Waals surface area contributed by atoms with Gasteiger partial charge < -0.3 is 10.0 Å². The Morgan fingerprint density at radius 3 is 2.71 bits per heavy atom. The molecule has 1 aromatic heterocycles. The second-order valence-corrected chi connectivity index (χ2v) is 5.61. The number of nitrogens with zero attached hydrogens (tertiary/aromatic N) is 3. The van der Waals surface area contributed by atoms with Crippen LogP contribution in [0.1, 0.15) is 12.5 Å². The van der Waals surface area contributed by atoms with E-state index in [2.05, 4.69) is 22.1 Å². The Morgan fingerprint density at radius 1 is 1.33 bits per heavy atom. The quantitative estimate of drug-likeness (QED) is 0.828. The molecule has 1 unspecified atom stereocenters. The topological polar surface area (TPSA) is 66.3 Å². The Balaban J connectivity index is 2.05. The molecule has 21 heavy (non-hydrogen) atoms. The number of hydrogen-bond donors (Lipinski definition) is 1. The summed E-state index contributed by atoms with van der Waals surface area (Å²) < 4.78 is 0. The Kier molecular flexibility index (Phi) is 5.16. The van der Waals surface area contributed by atoms with E-state index in [-0.39, 0.29) is 0 Å². The molecule has 5 nitrogen and oxygen atoms in total. The molecule has 0 saturated heterocycles. The maximum absolute atomic E-state index is 11.0. The van der Waals surface area contributed by atoms with E-state index in [1.54, 1.807) is 43.0 Å². The number of carbonyl (C=O) groups is 1. The first-order chi connectivity index (χ1) is 10.1. The highest BCUT2D eigenvalue weighted by Gasteiger charge is 2.18. The van der Waals surface area contributed by atoms with Crippen LogP contribution >= 0.6 is 11.8 Å². The van der Waals surface area contributed by atoms with Crippen LogP contribution in [-0.4, -0.2) is 34.1 Å². The number of carboxylic acid groups (broad SMARTS) is 1. The smallest absolute Gasteiger partial charge is 0.326 e. The summed E-state index contributed by atoms with van der Waals surface area (Å²) in [5.41, 5.74) is 1.21. The number of thioether (sulfide) groups is 1. The van der Waals surface area contributed by atoms with Crippen molar-refractivity contribution in [2.24, 2.45) is 0 Å². The molecule has 110 valence electrons. The molecule has 1 N–H and O–H groups in total. The summed E-state index contributed by atoms with van der Waals surface area (Å²) in [6.07, 6.45) is 3.27. The van der Waals surface area contributed by atoms with Crippen molar-refractivity contribution in [1.29, 1.82) is 0 Å². The van der Waals surface area contributed by atoms with Gasteiger partial charge in [-0.2, -0.15) is 0 Å². The highest BCUT2D eigenvalue weighted by molar-refractivity contribution is 7.98. The number of likely N-dealkylation sites (N-methyl/N-ethyl adjacent to an activating group) is 1. The van der Waals surface area contributed by atoms with Gasteiger partial charge in [-0.15, -0.1) is 11.8 Å². The molecule has 1 atom stereocenters. The molecule has 2 aromatic rings. The van der Waals surface area contributed by atoms with Crippen LogP contribution in [0.3, 0.4) is 0 Å². The second kappa shape index (κ2) is 7.08. The van der Waals surface area contributed by atoms with Crippen molar-refractivity contribution >= 4 is 23.5 Å². The van der Waals surface area contributed by atoms with Crippen LogP contribution in [0.5, 0.6) is 0 Å². The first kappa shape index (κ1) is 15.3. The van der Waals surface area contributed by atoms with E-state index in [1.807, 2.05) is 18.2 Å². The average molecular weight is 303 g/mol. The third kappa shape index (κ3) is 4.19. The highest BCUT2D eigenvalue weighted by atomic mass is 32.2. The van der Waals surface area contributed by atoms with Crippen molar-refractivity contribution in [3.8, 4) is 0 Å². The van der Waals surface area contributed by atoms with Gasteiger partial charge in [0, 0.05) is 12.8 Å². The van der Waals surface area contributed by atoms with Crippen LogP contribution in [0.2, 0.25) is 0 Å². The third-order valence-corrected chi connectivity index (χ3v) is 4.10.